The van der Waals surface area contributed by atoms with Gasteiger partial charge in [-0.1, -0.05) is 30.1 Å². The number of carbonyl (C=O) groups is 1. The number of halogens is 2. The highest BCUT2D eigenvalue weighted by atomic mass is 35.5. The fourth-order valence-corrected chi connectivity index (χ4v) is 1.55. The molecule has 1 rings (SSSR count). The lowest BCUT2D eigenvalue weighted by molar-refractivity contribution is -0.0122. The quantitative estimate of drug-likeness (QED) is 0.745. The molecule has 0 atom stereocenters. The second kappa shape index (κ2) is 5.85. The predicted octanol–water partition coefficient (Wildman–Crippen LogP) is 4.38. The van der Waals surface area contributed by atoms with Crippen molar-refractivity contribution >= 4 is 29.0 Å². The summed E-state index contributed by atoms with van der Waals surface area (Å²) < 4.78 is 5.54. The Morgan fingerprint density at radius 1 is 1.35 bits per heavy atom. The Labute approximate surface area is 112 Å². The number of carbonyl (C=O) groups excluding carboxylic acids is 1. The summed E-state index contributed by atoms with van der Waals surface area (Å²) in [7, 11) is 0. The summed E-state index contributed by atoms with van der Waals surface area (Å²) in [5.41, 5.74) is 0.104. The molecule has 0 aliphatic rings. The predicted molar refractivity (Wildman–Crippen MR) is 71.1 cm³/mol. The highest BCUT2D eigenvalue weighted by molar-refractivity contribution is 6.35. The van der Waals surface area contributed by atoms with Gasteiger partial charge in [0.2, 0.25) is 0 Å². The van der Waals surface area contributed by atoms with E-state index in [1.807, 2.05) is 20.8 Å². The molecule has 0 saturated carbocycles. The van der Waals surface area contributed by atoms with Crippen molar-refractivity contribution in [3.63, 3.8) is 0 Å². The van der Waals surface area contributed by atoms with Gasteiger partial charge in [0.25, 0.3) is 0 Å². The first-order valence-electron chi connectivity index (χ1n) is 5.48. The van der Waals surface area contributed by atoms with Crippen LogP contribution in [0, 0.1) is 0 Å². The van der Waals surface area contributed by atoms with Gasteiger partial charge in [-0.2, -0.15) is 0 Å². The topological polar surface area (TPSA) is 26.3 Å². The maximum absolute atomic E-state index is 11.9. The minimum atomic E-state index is -0.305. The van der Waals surface area contributed by atoms with Crippen LogP contribution < -0.4 is 0 Å². The Morgan fingerprint density at radius 3 is 2.59 bits per heavy atom. The lowest BCUT2D eigenvalue weighted by atomic mass is 10.1. The van der Waals surface area contributed by atoms with Crippen molar-refractivity contribution in [1.29, 1.82) is 0 Å². The molecule has 4 heteroatoms. The third-order valence-corrected chi connectivity index (χ3v) is 3.24. The van der Waals surface area contributed by atoms with E-state index in [2.05, 4.69) is 0 Å². The van der Waals surface area contributed by atoms with E-state index in [-0.39, 0.29) is 18.0 Å². The smallest absolute Gasteiger partial charge is 0.190 e. The third-order valence-electron chi connectivity index (χ3n) is 2.67. The normalized spacial score (nSPS) is 11.6. The van der Waals surface area contributed by atoms with Crippen LogP contribution in [0.15, 0.2) is 18.2 Å². The zero-order chi connectivity index (χ0) is 13.1. The Kier molecular flexibility index (Phi) is 4.99. The van der Waals surface area contributed by atoms with Gasteiger partial charge >= 0.3 is 0 Å². The van der Waals surface area contributed by atoms with Crippen molar-refractivity contribution in [2.75, 3.05) is 6.61 Å². The van der Waals surface area contributed by atoms with Gasteiger partial charge in [-0.05, 0) is 38.5 Å². The first kappa shape index (κ1) is 14.5. The van der Waals surface area contributed by atoms with Crippen LogP contribution >= 0.6 is 23.2 Å². The monoisotopic (exact) mass is 274 g/mol. The van der Waals surface area contributed by atoms with Gasteiger partial charge < -0.3 is 4.74 Å². The highest BCUT2D eigenvalue weighted by Crippen LogP contribution is 2.22. The average molecular weight is 275 g/mol. The van der Waals surface area contributed by atoms with Crippen LogP contribution in [0.3, 0.4) is 0 Å². The molecule has 17 heavy (non-hydrogen) atoms. The molecule has 1 aromatic carbocycles. The fourth-order valence-electron chi connectivity index (χ4n) is 1.15. The van der Waals surface area contributed by atoms with Crippen LogP contribution in [0.4, 0.5) is 0 Å². The largest absolute Gasteiger partial charge is 0.367 e. The van der Waals surface area contributed by atoms with Gasteiger partial charge in [-0.3, -0.25) is 4.79 Å². The Hall–Kier alpha value is -0.570. The van der Waals surface area contributed by atoms with Crippen molar-refractivity contribution in [3.8, 4) is 0 Å². The minimum absolute atomic E-state index is 0.0148. The van der Waals surface area contributed by atoms with Crippen molar-refractivity contribution < 1.29 is 9.53 Å². The molecule has 0 aliphatic heterocycles. The Morgan fingerprint density at radius 2 is 2.00 bits per heavy atom. The van der Waals surface area contributed by atoms with E-state index in [1.54, 1.807) is 18.2 Å². The molecule has 0 unspecified atom stereocenters. The van der Waals surface area contributed by atoms with Gasteiger partial charge in [-0.15, -0.1) is 0 Å². The summed E-state index contributed by atoms with van der Waals surface area (Å²) in [5.74, 6) is -0.154. The van der Waals surface area contributed by atoms with Gasteiger partial charge in [0, 0.05) is 10.6 Å². The molecule has 94 valence electrons. The van der Waals surface area contributed by atoms with Gasteiger partial charge in [0.15, 0.2) is 5.78 Å². The maximum atomic E-state index is 11.9. The van der Waals surface area contributed by atoms with E-state index in [4.69, 9.17) is 27.9 Å². The number of benzene rings is 1. The van der Waals surface area contributed by atoms with Crippen LogP contribution in [0.2, 0.25) is 10.0 Å². The second-order valence-electron chi connectivity index (χ2n) is 4.45. The standard InChI is InChI=1S/C13H16Cl2O2/c1-4-13(2,3)17-8-12(16)10-7-9(14)5-6-11(10)15/h5-7H,4,8H2,1-3H3. The number of hydrogen-bond donors (Lipinski definition) is 0. The van der Waals surface area contributed by atoms with E-state index >= 15 is 0 Å². The fraction of sp³-hybridized carbons (Fsp3) is 0.462. The highest BCUT2D eigenvalue weighted by Gasteiger charge is 2.19. The minimum Gasteiger partial charge on any atom is -0.367 e. The molecule has 1 aromatic rings. The van der Waals surface area contributed by atoms with Crippen molar-refractivity contribution in [3.05, 3.63) is 33.8 Å². The molecule has 0 amide bonds. The maximum Gasteiger partial charge on any atom is 0.190 e. The van der Waals surface area contributed by atoms with Crippen LogP contribution in [-0.2, 0) is 4.74 Å². The number of rotatable bonds is 5. The first-order chi connectivity index (χ1) is 7.85. The molecule has 0 bridgehead atoms. The summed E-state index contributed by atoms with van der Waals surface area (Å²) >= 11 is 11.8. The van der Waals surface area contributed by atoms with Gasteiger partial charge in [-0.25, -0.2) is 0 Å². The molecule has 0 radical (unpaired) electrons. The lowest BCUT2D eigenvalue weighted by Crippen LogP contribution is -2.26. The van der Waals surface area contributed by atoms with Gasteiger partial charge in [0.05, 0.1) is 10.6 Å². The lowest BCUT2D eigenvalue weighted by Gasteiger charge is -2.23. The molecule has 0 spiro atoms. The summed E-state index contributed by atoms with van der Waals surface area (Å²) in [5, 5.41) is 0.893. The molecule has 2 nitrogen and oxygen atoms in total. The third kappa shape index (κ3) is 4.30. The van der Waals surface area contributed by atoms with Crippen molar-refractivity contribution in [2.24, 2.45) is 0 Å². The zero-order valence-electron chi connectivity index (χ0n) is 10.2. The van der Waals surface area contributed by atoms with Crippen LogP contribution in [0.5, 0.6) is 0 Å². The summed E-state index contributed by atoms with van der Waals surface area (Å²) in [6.07, 6.45) is 0.837. The van der Waals surface area contributed by atoms with Crippen molar-refractivity contribution in [1.82, 2.24) is 0 Å². The molecule has 0 heterocycles. The summed E-state index contributed by atoms with van der Waals surface area (Å²) in [4.78, 5) is 11.9. The molecule has 0 saturated heterocycles. The number of ether oxygens (including phenoxy) is 1. The molecule has 0 fully saturated rings. The van der Waals surface area contributed by atoms with Crippen LogP contribution in [0.1, 0.15) is 37.6 Å². The Bertz CT molecular complexity index is 414. The van der Waals surface area contributed by atoms with E-state index in [1.165, 1.54) is 0 Å². The average Bonchev–Trinajstić information content (AvgIpc) is 2.29. The van der Waals surface area contributed by atoms with Crippen LogP contribution in [0.25, 0.3) is 0 Å². The number of hydrogen-bond acceptors (Lipinski definition) is 2. The van der Waals surface area contributed by atoms with E-state index in [9.17, 15) is 4.79 Å². The molecule has 0 aliphatic carbocycles. The van der Waals surface area contributed by atoms with E-state index in [0.29, 0.717) is 15.6 Å². The molecule has 0 N–H and O–H groups in total. The van der Waals surface area contributed by atoms with E-state index in [0.717, 1.165) is 6.42 Å². The molecular weight excluding hydrogens is 259 g/mol. The van der Waals surface area contributed by atoms with Gasteiger partial charge in [0.1, 0.15) is 6.61 Å². The Balaban J connectivity index is 2.74. The van der Waals surface area contributed by atoms with Crippen molar-refractivity contribution in [2.45, 2.75) is 32.8 Å². The first-order valence-corrected chi connectivity index (χ1v) is 6.23. The summed E-state index contributed by atoms with van der Waals surface area (Å²) in [6, 6.07) is 4.83. The SMILES string of the molecule is CCC(C)(C)OCC(=O)c1cc(Cl)ccc1Cl. The number of ketones is 1. The van der Waals surface area contributed by atoms with Crippen LogP contribution in [-0.4, -0.2) is 18.0 Å². The molecular formula is C13H16Cl2O2. The second-order valence-corrected chi connectivity index (χ2v) is 5.29. The van der Waals surface area contributed by atoms with E-state index < -0.39 is 0 Å². The summed E-state index contributed by atoms with van der Waals surface area (Å²) in [6.45, 7) is 5.91. The molecule has 0 aromatic heterocycles. The number of Topliss-reactive ketones (excluding diaryl/α,β-unsaturated/α-hetero) is 1. The zero-order valence-corrected chi connectivity index (χ0v) is 11.7.